The lowest BCUT2D eigenvalue weighted by Crippen LogP contribution is -2.36. The first-order valence-electron chi connectivity index (χ1n) is 12.0. The minimum Gasteiger partial charge on any atom is -0.490 e. The van der Waals surface area contributed by atoms with E-state index in [0.29, 0.717) is 24.6 Å². The third kappa shape index (κ3) is 5.58. The van der Waals surface area contributed by atoms with Gasteiger partial charge in [-0.1, -0.05) is 0 Å². The minimum absolute atomic E-state index is 0.0538. The van der Waals surface area contributed by atoms with Gasteiger partial charge in [0, 0.05) is 24.8 Å². The first-order chi connectivity index (χ1) is 17.6. The van der Waals surface area contributed by atoms with Crippen molar-refractivity contribution in [2.24, 2.45) is 0 Å². The molecule has 1 aromatic carbocycles. The summed E-state index contributed by atoms with van der Waals surface area (Å²) >= 11 is 0. The number of morpholine rings is 1. The van der Waals surface area contributed by atoms with Gasteiger partial charge in [0.05, 0.1) is 42.7 Å². The van der Waals surface area contributed by atoms with Gasteiger partial charge < -0.3 is 30.2 Å². The summed E-state index contributed by atoms with van der Waals surface area (Å²) in [6, 6.07) is 9.45. The lowest BCUT2D eigenvalue weighted by atomic mass is 10.0. The Balaban J connectivity index is 1.30. The van der Waals surface area contributed by atoms with Crippen LogP contribution < -0.4 is 20.7 Å². The SMILES string of the molecule is [B]N1CCC(Oc2ccc(-c3cnc(N)c(C(=O)Nc4cnccc4N4CCOCC4)n3)cc2)CC1. The third-order valence-electron chi connectivity index (χ3n) is 6.34. The zero-order valence-electron chi connectivity index (χ0n) is 20.0. The molecule has 36 heavy (non-hydrogen) atoms. The number of nitrogens with one attached hydrogen (secondary N) is 1. The van der Waals surface area contributed by atoms with Gasteiger partial charge in [0.25, 0.3) is 5.91 Å². The van der Waals surface area contributed by atoms with E-state index in [4.69, 9.17) is 23.2 Å². The number of anilines is 3. The second kappa shape index (κ2) is 10.9. The fraction of sp³-hybridized carbons (Fsp3) is 0.360. The highest BCUT2D eigenvalue weighted by atomic mass is 16.5. The molecule has 10 nitrogen and oxygen atoms in total. The summed E-state index contributed by atoms with van der Waals surface area (Å²) in [6.45, 7) is 4.37. The Labute approximate surface area is 211 Å². The van der Waals surface area contributed by atoms with Crippen molar-refractivity contribution in [3.63, 3.8) is 0 Å². The largest absolute Gasteiger partial charge is 0.490 e. The van der Waals surface area contributed by atoms with Gasteiger partial charge in [-0.15, -0.1) is 0 Å². The summed E-state index contributed by atoms with van der Waals surface area (Å²) in [6.07, 6.45) is 6.81. The summed E-state index contributed by atoms with van der Waals surface area (Å²) in [5, 5.41) is 2.90. The summed E-state index contributed by atoms with van der Waals surface area (Å²) < 4.78 is 11.5. The maximum atomic E-state index is 13.2. The van der Waals surface area contributed by atoms with E-state index < -0.39 is 5.91 Å². The van der Waals surface area contributed by atoms with Crippen molar-refractivity contribution in [1.82, 2.24) is 19.8 Å². The number of carbonyl (C=O) groups excluding carboxylic acids is 1. The summed E-state index contributed by atoms with van der Waals surface area (Å²) in [5.74, 6) is 0.387. The molecule has 184 valence electrons. The zero-order chi connectivity index (χ0) is 24.9. The quantitative estimate of drug-likeness (QED) is 0.506. The van der Waals surface area contributed by atoms with Crippen molar-refractivity contribution in [3.05, 3.63) is 54.6 Å². The number of nitrogens with two attached hydrogens (primary N) is 1. The van der Waals surface area contributed by atoms with Crippen LogP contribution in [0.3, 0.4) is 0 Å². The number of nitrogens with zero attached hydrogens (tertiary/aromatic N) is 5. The average molecular weight is 485 g/mol. The lowest BCUT2D eigenvalue weighted by Gasteiger charge is -2.30. The first-order valence-corrected chi connectivity index (χ1v) is 12.0. The van der Waals surface area contributed by atoms with Gasteiger partial charge in [-0.05, 0) is 56.3 Å². The number of ether oxygens (including phenoxy) is 2. The normalized spacial score (nSPS) is 17.1. The molecule has 3 aromatic rings. The summed E-state index contributed by atoms with van der Waals surface area (Å²) in [4.78, 5) is 30.0. The number of hydrogen-bond donors (Lipinski definition) is 2. The maximum absolute atomic E-state index is 13.2. The standard InChI is InChI=1S/C25H28BN7O3/c26-33-9-6-19(7-10-33)36-18-3-1-17(2-4-18)20-16-29-24(27)23(30-20)25(34)31-21-15-28-8-5-22(21)32-11-13-35-14-12-32/h1-5,8,15-16,19H,6-7,9-14H2,(H2,27,29)(H,31,34). The topological polar surface area (TPSA) is 119 Å². The average Bonchev–Trinajstić information content (AvgIpc) is 2.91. The van der Waals surface area contributed by atoms with E-state index in [1.807, 2.05) is 35.1 Å². The second-order valence-electron chi connectivity index (χ2n) is 8.81. The Morgan fingerprint density at radius 2 is 1.83 bits per heavy atom. The molecule has 0 aliphatic carbocycles. The van der Waals surface area contributed by atoms with E-state index in [0.717, 1.165) is 56.0 Å². The molecule has 2 aliphatic heterocycles. The van der Waals surface area contributed by atoms with Crippen LogP contribution in [-0.4, -0.2) is 79.1 Å². The number of rotatable bonds is 6. The molecule has 11 heteroatoms. The molecule has 2 aliphatic rings. The van der Waals surface area contributed by atoms with Crippen LogP contribution in [0.15, 0.2) is 48.9 Å². The van der Waals surface area contributed by atoms with Crippen LogP contribution >= 0.6 is 0 Å². The molecule has 4 heterocycles. The predicted octanol–water partition coefficient (Wildman–Crippen LogP) is 2.14. The van der Waals surface area contributed by atoms with Crippen LogP contribution in [0.2, 0.25) is 0 Å². The van der Waals surface area contributed by atoms with E-state index >= 15 is 0 Å². The van der Waals surface area contributed by atoms with Crippen molar-refractivity contribution in [2.45, 2.75) is 18.9 Å². The number of benzene rings is 1. The smallest absolute Gasteiger partial charge is 0.278 e. The lowest BCUT2D eigenvalue weighted by molar-refractivity contribution is 0.102. The molecule has 2 radical (unpaired) electrons. The monoisotopic (exact) mass is 485 g/mol. The Morgan fingerprint density at radius 1 is 1.08 bits per heavy atom. The highest BCUT2D eigenvalue weighted by Gasteiger charge is 2.20. The van der Waals surface area contributed by atoms with Crippen molar-refractivity contribution >= 4 is 31.1 Å². The van der Waals surface area contributed by atoms with E-state index in [1.165, 1.54) is 0 Å². The van der Waals surface area contributed by atoms with Gasteiger partial charge >= 0.3 is 0 Å². The number of piperidine rings is 1. The van der Waals surface area contributed by atoms with E-state index in [2.05, 4.69) is 25.2 Å². The van der Waals surface area contributed by atoms with Gasteiger partial charge in [-0.3, -0.25) is 9.78 Å². The van der Waals surface area contributed by atoms with Gasteiger partial charge in [-0.25, -0.2) is 9.97 Å². The van der Waals surface area contributed by atoms with Crippen LogP contribution in [0.5, 0.6) is 5.75 Å². The molecule has 2 saturated heterocycles. The number of amides is 1. The molecule has 0 saturated carbocycles. The van der Waals surface area contributed by atoms with Crippen LogP contribution in [0.4, 0.5) is 17.2 Å². The molecule has 1 amide bonds. The Morgan fingerprint density at radius 3 is 2.58 bits per heavy atom. The minimum atomic E-state index is -0.449. The van der Waals surface area contributed by atoms with Crippen molar-refractivity contribution < 1.29 is 14.3 Å². The van der Waals surface area contributed by atoms with E-state index in [-0.39, 0.29) is 17.6 Å². The molecule has 2 fully saturated rings. The predicted molar refractivity (Wildman–Crippen MR) is 138 cm³/mol. The molecule has 2 aromatic heterocycles. The highest BCUT2D eigenvalue weighted by molar-refractivity contribution is 6.07. The number of nitrogen functional groups attached to an aromatic ring is 1. The van der Waals surface area contributed by atoms with Crippen LogP contribution in [0, 0.1) is 0 Å². The molecule has 0 unspecified atom stereocenters. The van der Waals surface area contributed by atoms with E-state index in [1.54, 1.807) is 18.6 Å². The second-order valence-corrected chi connectivity index (χ2v) is 8.81. The number of aromatic nitrogens is 3. The molecule has 0 spiro atoms. The van der Waals surface area contributed by atoms with Gasteiger partial charge in [0.15, 0.2) is 19.5 Å². The van der Waals surface area contributed by atoms with Crippen molar-refractivity contribution in [3.8, 4) is 17.0 Å². The molecular weight excluding hydrogens is 457 g/mol. The highest BCUT2D eigenvalue weighted by Crippen LogP contribution is 2.27. The summed E-state index contributed by atoms with van der Waals surface area (Å²) in [7, 11) is 5.82. The number of pyridine rings is 1. The third-order valence-corrected chi connectivity index (χ3v) is 6.34. The van der Waals surface area contributed by atoms with E-state index in [9.17, 15) is 4.79 Å². The molecule has 3 N–H and O–H groups in total. The Kier molecular flexibility index (Phi) is 7.29. The van der Waals surface area contributed by atoms with Gasteiger partial charge in [0.1, 0.15) is 11.9 Å². The van der Waals surface area contributed by atoms with Crippen LogP contribution in [0.1, 0.15) is 23.3 Å². The fourth-order valence-electron chi connectivity index (χ4n) is 4.34. The van der Waals surface area contributed by atoms with Gasteiger partial charge in [0.2, 0.25) is 0 Å². The molecule has 0 bridgehead atoms. The molecular formula is C25H28BN7O3. The zero-order valence-corrected chi connectivity index (χ0v) is 20.0. The van der Waals surface area contributed by atoms with Crippen molar-refractivity contribution in [1.29, 1.82) is 0 Å². The van der Waals surface area contributed by atoms with Crippen LogP contribution in [0.25, 0.3) is 11.3 Å². The maximum Gasteiger partial charge on any atom is 0.278 e. The fourth-order valence-corrected chi connectivity index (χ4v) is 4.34. The first kappa shape index (κ1) is 24.0. The van der Waals surface area contributed by atoms with Gasteiger partial charge in [-0.2, -0.15) is 0 Å². The Bertz CT molecular complexity index is 1200. The summed E-state index contributed by atoms with van der Waals surface area (Å²) in [5.41, 5.74) is 8.88. The number of hydrogen-bond acceptors (Lipinski definition) is 9. The molecule has 0 atom stereocenters. The Hall–Kier alpha value is -3.70. The van der Waals surface area contributed by atoms with Crippen LogP contribution in [-0.2, 0) is 4.74 Å². The number of carbonyl (C=O) groups is 1. The van der Waals surface area contributed by atoms with Crippen molar-refractivity contribution in [2.75, 3.05) is 55.3 Å². The molecule has 5 rings (SSSR count).